The number of carbonyl (C=O) groups is 1. The Morgan fingerprint density at radius 3 is 2.89 bits per heavy atom. The number of rotatable bonds is 3. The van der Waals surface area contributed by atoms with Crippen molar-refractivity contribution in [2.75, 3.05) is 23.5 Å². The number of halogens is 1. The van der Waals surface area contributed by atoms with Gasteiger partial charge in [-0.1, -0.05) is 11.6 Å². The Morgan fingerprint density at radius 2 is 2.11 bits per heavy atom. The van der Waals surface area contributed by atoms with Crippen LogP contribution in [0.5, 0.6) is 0 Å². The maximum absolute atomic E-state index is 11.9. The maximum Gasteiger partial charge on any atom is 0.407 e. The normalized spacial score (nSPS) is 13.1. The molecule has 0 atom stereocenters. The van der Waals surface area contributed by atoms with Crippen LogP contribution >= 0.6 is 11.6 Å². The van der Waals surface area contributed by atoms with E-state index in [0.29, 0.717) is 18.1 Å². The largest absolute Gasteiger partial charge is 0.444 e. The minimum atomic E-state index is -0.512. The van der Waals surface area contributed by atoms with Crippen LogP contribution in [0.25, 0.3) is 21.5 Å². The summed E-state index contributed by atoms with van der Waals surface area (Å²) in [5.41, 5.74) is 4.99. The number of hydrazine groups is 1. The number of fused-ring (bicyclic) bond motifs is 2. The van der Waals surface area contributed by atoms with Crippen LogP contribution in [0.4, 0.5) is 16.2 Å². The predicted octanol–water partition coefficient (Wildman–Crippen LogP) is 4.71. The molecule has 1 aliphatic rings. The number of pyridine rings is 1. The molecule has 2 aromatic carbocycles. The quantitative estimate of drug-likeness (QED) is 0.640. The third kappa shape index (κ3) is 3.32. The van der Waals surface area contributed by atoms with Crippen LogP contribution in [0.3, 0.4) is 0 Å². The van der Waals surface area contributed by atoms with Crippen molar-refractivity contribution in [2.24, 2.45) is 0 Å². The van der Waals surface area contributed by atoms with Gasteiger partial charge in [0, 0.05) is 45.5 Å². The second-order valence-corrected chi connectivity index (χ2v) is 7.94. The van der Waals surface area contributed by atoms with Crippen molar-refractivity contribution in [3.63, 3.8) is 0 Å². The summed E-state index contributed by atoms with van der Waals surface area (Å²) in [6.07, 6.45) is 3.20. The van der Waals surface area contributed by atoms with Crippen LogP contribution in [0.1, 0.15) is 20.8 Å². The molecule has 0 radical (unpaired) electrons. The first-order chi connectivity index (χ1) is 12.8. The molecule has 0 unspecified atom stereocenters. The zero-order chi connectivity index (χ0) is 19.2. The van der Waals surface area contributed by atoms with E-state index in [9.17, 15) is 4.79 Å². The molecule has 2 heterocycles. The highest BCUT2D eigenvalue weighted by atomic mass is 35.5. The van der Waals surface area contributed by atoms with Crippen molar-refractivity contribution in [2.45, 2.75) is 26.4 Å². The number of hydrogen-bond acceptors (Lipinski definition) is 5. The summed E-state index contributed by atoms with van der Waals surface area (Å²) in [5.74, 6) is 0. The van der Waals surface area contributed by atoms with Crippen molar-refractivity contribution in [3.05, 3.63) is 41.7 Å². The molecule has 1 aliphatic heterocycles. The standard InChI is InChI=1S/C20H21ClN4O2/c1-20(2,3)27-19(26)23-8-9-25-16-5-4-15(21)14-10-12-11-22-7-6-13(12)18(24-25)17(14)16/h4-7,10-11,24H,8-9H2,1-3H3,(H,23,26). The number of aromatic nitrogens is 1. The fraction of sp³-hybridized carbons (Fsp3) is 0.300. The Morgan fingerprint density at radius 1 is 1.30 bits per heavy atom. The van der Waals surface area contributed by atoms with E-state index < -0.39 is 11.7 Å². The number of nitrogens with zero attached hydrogens (tertiary/aromatic N) is 2. The minimum absolute atomic E-state index is 0.419. The number of amides is 1. The molecule has 1 aromatic heterocycles. The number of ether oxygens (including phenoxy) is 1. The molecule has 1 amide bonds. The van der Waals surface area contributed by atoms with Crippen LogP contribution in [-0.2, 0) is 4.74 Å². The lowest BCUT2D eigenvalue weighted by Gasteiger charge is -2.22. The first-order valence-electron chi connectivity index (χ1n) is 8.83. The Labute approximate surface area is 162 Å². The fourth-order valence-electron chi connectivity index (χ4n) is 3.32. The first-order valence-corrected chi connectivity index (χ1v) is 9.21. The molecular formula is C20H21ClN4O2. The summed E-state index contributed by atoms with van der Waals surface area (Å²) in [6.45, 7) is 6.55. The summed E-state index contributed by atoms with van der Waals surface area (Å²) in [6, 6.07) is 7.95. The van der Waals surface area contributed by atoms with Crippen LogP contribution in [0.15, 0.2) is 36.7 Å². The third-order valence-corrected chi connectivity index (χ3v) is 4.71. The van der Waals surface area contributed by atoms with Crippen LogP contribution in [0.2, 0.25) is 5.02 Å². The second kappa shape index (κ2) is 6.46. The van der Waals surface area contributed by atoms with E-state index in [4.69, 9.17) is 16.3 Å². The van der Waals surface area contributed by atoms with Gasteiger partial charge in [0.1, 0.15) is 5.60 Å². The van der Waals surface area contributed by atoms with E-state index >= 15 is 0 Å². The molecule has 0 aliphatic carbocycles. The van der Waals surface area contributed by atoms with Gasteiger partial charge in [-0.3, -0.25) is 15.4 Å². The molecule has 0 saturated heterocycles. The van der Waals surface area contributed by atoms with Gasteiger partial charge in [-0.15, -0.1) is 0 Å². The lowest BCUT2D eigenvalue weighted by Crippen LogP contribution is -2.39. The number of alkyl carbamates (subject to hydrolysis) is 1. The summed E-state index contributed by atoms with van der Waals surface area (Å²) < 4.78 is 5.28. The van der Waals surface area contributed by atoms with Gasteiger partial charge in [0.25, 0.3) is 0 Å². The minimum Gasteiger partial charge on any atom is -0.444 e. The molecule has 0 bridgehead atoms. The van der Waals surface area contributed by atoms with E-state index in [1.54, 1.807) is 6.20 Å². The molecule has 4 rings (SSSR count). The van der Waals surface area contributed by atoms with E-state index in [1.807, 2.05) is 50.2 Å². The van der Waals surface area contributed by atoms with Gasteiger partial charge in [-0.2, -0.15) is 0 Å². The predicted molar refractivity (Wildman–Crippen MR) is 109 cm³/mol. The molecule has 27 heavy (non-hydrogen) atoms. The highest BCUT2D eigenvalue weighted by Crippen LogP contribution is 2.45. The first kappa shape index (κ1) is 17.7. The maximum atomic E-state index is 11.9. The SMILES string of the molecule is CC(C)(C)OC(=O)NCCN1Nc2c3ccncc3cc3c(Cl)ccc1c23. The van der Waals surface area contributed by atoms with Gasteiger partial charge in [-0.25, -0.2) is 4.79 Å². The van der Waals surface area contributed by atoms with E-state index in [0.717, 1.165) is 32.9 Å². The Balaban J connectivity index is 1.59. The molecular weight excluding hydrogens is 364 g/mol. The van der Waals surface area contributed by atoms with E-state index in [-0.39, 0.29) is 0 Å². The fourth-order valence-corrected chi connectivity index (χ4v) is 3.53. The summed E-state index contributed by atoms with van der Waals surface area (Å²) in [5, 5.41) is 9.70. The van der Waals surface area contributed by atoms with Crippen LogP contribution < -0.4 is 15.8 Å². The average Bonchev–Trinajstić information content (AvgIpc) is 2.96. The number of hydrogen-bond donors (Lipinski definition) is 2. The zero-order valence-electron chi connectivity index (χ0n) is 15.5. The summed E-state index contributed by atoms with van der Waals surface area (Å²) >= 11 is 6.44. The van der Waals surface area contributed by atoms with E-state index in [2.05, 4.69) is 21.8 Å². The average molecular weight is 385 g/mol. The van der Waals surface area contributed by atoms with Gasteiger partial charge < -0.3 is 10.1 Å². The van der Waals surface area contributed by atoms with Gasteiger partial charge in [0.15, 0.2) is 0 Å². The van der Waals surface area contributed by atoms with Crippen molar-refractivity contribution in [1.82, 2.24) is 10.3 Å². The molecule has 3 aromatic rings. The highest BCUT2D eigenvalue weighted by Gasteiger charge is 2.24. The number of benzene rings is 2. The second-order valence-electron chi connectivity index (χ2n) is 7.53. The lowest BCUT2D eigenvalue weighted by molar-refractivity contribution is 0.0529. The Kier molecular flexibility index (Phi) is 4.23. The lowest BCUT2D eigenvalue weighted by atomic mass is 10.0. The van der Waals surface area contributed by atoms with Gasteiger partial charge in [-0.05, 0) is 45.0 Å². The highest BCUT2D eigenvalue weighted by molar-refractivity contribution is 6.38. The third-order valence-electron chi connectivity index (χ3n) is 4.38. The Bertz CT molecular complexity index is 1050. The van der Waals surface area contributed by atoms with Crippen LogP contribution in [-0.4, -0.2) is 29.8 Å². The molecule has 0 saturated carbocycles. The molecule has 140 valence electrons. The summed E-state index contributed by atoms with van der Waals surface area (Å²) in [4.78, 5) is 16.1. The molecule has 0 fully saturated rings. The summed E-state index contributed by atoms with van der Waals surface area (Å²) in [7, 11) is 0. The van der Waals surface area contributed by atoms with Gasteiger partial charge in [0.2, 0.25) is 0 Å². The number of anilines is 2. The molecule has 6 nitrogen and oxygen atoms in total. The van der Waals surface area contributed by atoms with Crippen molar-refractivity contribution in [3.8, 4) is 0 Å². The molecule has 2 N–H and O–H groups in total. The monoisotopic (exact) mass is 384 g/mol. The topological polar surface area (TPSA) is 66.5 Å². The van der Waals surface area contributed by atoms with Crippen molar-refractivity contribution in [1.29, 1.82) is 0 Å². The van der Waals surface area contributed by atoms with Crippen molar-refractivity contribution < 1.29 is 9.53 Å². The molecule has 7 heteroatoms. The van der Waals surface area contributed by atoms with E-state index in [1.165, 1.54) is 0 Å². The Hall–Kier alpha value is -2.73. The smallest absolute Gasteiger partial charge is 0.407 e. The number of carbonyl (C=O) groups excluding carboxylic acids is 1. The van der Waals surface area contributed by atoms with Gasteiger partial charge in [0.05, 0.1) is 17.9 Å². The zero-order valence-corrected chi connectivity index (χ0v) is 16.2. The van der Waals surface area contributed by atoms with Crippen molar-refractivity contribution >= 4 is 50.6 Å². The van der Waals surface area contributed by atoms with Crippen LogP contribution in [0, 0.1) is 0 Å². The number of nitrogens with one attached hydrogen (secondary N) is 2. The van der Waals surface area contributed by atoms with Gasteiger partial charge >= 0.3 is 6.09 Å². The molecule has 0 spiro atoms.